The lowest BCUT2D eigenvalue weighted by molar-refractivity contribution is -0.117. The highest BCUT2D eigenvalue weighted by atomic mass is 32.2. The van der Waals surface area contributed by atoms with Gasteiger partial charge in [0, 0.05) is 31.6 Å². The van der Waals surface area contributed by atoms with Crippen molar-refractivity contribution in [3.05, 3.63) is 53.0 Å². The van der Waals surface area contributed by atoms with Crippen LogP contribution in [0.1, 0.15) is 39.2 Å². The summed E-state index contributed by atoms with van der Waals surface area (Å²) in [5.41, 5.74) is 1.43. The molecule has 1 aliphatic heterocycles. The Morgan fingerprint density at radius 2 is 1.88 bits per heavy atom. The molecule has 1 N–H and O–H groups in total. The van der Waals surface area contributed by atoms with E-state index in [1.54, 1.807) is 25.3 Å². The lowest BCUT2D eigenvalue weighted by atomic mass is 9.94. The monoisotopic (exact) mass is 487 g/mol. The number of carbonyl (C=O) groups is 1. The summed E-state index contributed by atoms with van der Waals surface area (Å²) in [5, 5.41) is 2.87. The first-order valence-corrected chi connectivity index (χ1v) is 12.7. The second-order valence-electron chi connectivity index (χ2n) is 8.76. The van der Waals surface area contributed by atoms with Crippen molar-refractivity contribution in [2.45, 2.75) is 44.0 Å². The van der Waals surface area contributed by atoms with Crippen molar-refractivity contribution in [2.75, 3.05) is 25.5 Å². The second-order valence-corrected chi connectivity index (χ2v) is 10.7. The fourth-order valence-electron chi connectivity index (χ4n) is 4.38. The molecule has 34 heavy (non-hydrogen) atoms. The number of piperidine rings is 1. The molecule has 10 heteroatoms. The number of benzene rings is 2. The maximum atomic E-state index is 13.2. The van der Waals surface area contributed by atoms with Crippen LogP contribution in [-0.4, -0.2) is 43.4 Å². The van der Waals surface area contributed by atoms with Gasteiger partial charge >= 0.3 is 5.76 Å². The van der Waals surface area contributed by atoms with Crippen LogP contribution < -0.4 is 15.8 Å². The molecule has 0 aliphatic carbocycles. The van der Waals surface area contributed by atoms with Gasteiger partial charge in [0.05, 0.1) is 23.2 Å². The number of para-hydroxylation sites is 2. The standard InChI is InChI=1S/C24H29N3O6S/c1-16(2)27-20-9-8-18(15-22(20)33-24(27)29)34(30,31)26-12-10-17(11-13-26)14-23(28)25-19-6-4-5-7-21(19)32-3/h4-9,15-17H,10-14H2,1-3H3,(H,25,28). The van der Waals surface area contributed by atoms with Crippen molar-refractivity contribution in [1.29, 1.82) is 0 Å². The molecule has 0 atom stereocenters. The first-order valence-electron chi connectivity index (χ1n) is 11.3. The fourth-order valence-corrected chi connectivity index (χ4v) is 5.87. The maximum Gasteiger partial charge on any atom is 0.420 e. The van der Waals surface area contributed by atoms with E-state index in [1.807, 2.05) is 26.0 Å². The van der Waals surface area contributed by atoms with Gasteiger partial charge in [-0.2, -0.15) is 4.31 Å². The molecular weight excluding hydrogens is 458 g/mol. The number of nitrogens with zero attached hydrogens (tertiary/aromatic N) is 2. The van der Waals surface area contributed by atoms with E-state index in [2.05, 4.69) is 5.32 Å². The van der Waals surface area contributed by atoms with Crippen LogP contribution in [0.25, 0.3) is 11.1 Å². The van der Waals surface area contributed by atoms with E-state index in [0.29, 0.717) is 49.3 Å². The smallest absolute Gasteiger partial charge is 0.420 e. The number of amides is 1. The highest BCUT2D eigenvalue weighted by Crippen LogP contribution is 2.29. The summed E-state index contributed by atoms with van der Waals surface area (Å²) in [6.45, 7) is 4.37. The number of sulfonamides is 1. The van der Waals surface area contributed by atoms with E-state index < -0.39 is 15.8 Å². The molecule has 0 saturated carbocycles. The van der Waals surface area contributed by atoms with E-state index in [0.717, 1.165) is 0 Å². The Morgan fingerprint density at radius 3 is 2.56 bits per heavy atom. The van der Waals surface area contributed by atoms with Crippen LogP contribution in [0.2, 0.25) is 0 Å². The van der Waals surface area contributed by atoms with Gasteiger partial charge in [-0.3, -0.25) is 9.36 Å². The lowest BCUT2D eigenvalue weighted by Crippen LogP contribution is -2.39. The first-order chi connectivity index (χ1) is 16.2. The molecule has 0 unspecified atom stereocenters. The third-order valence-corrected chi connectivity index (χ3v) is 8.06. The average molecular weight is 488 g/mol. The zero-order chi connectivity index (χ0) is 24.5. The molecule has 182 valence electrons. The van der Waals surface area contributed by atoms with Gasteiger partial charge in [0.1, 0.15) is 5.75 Å². The number of hydrogen-bond donors (Lipinski definition) is 1. The highest BCUT2D eigenvalue weighted by Gasteiger charge is 2.31. The summed E-state index contributed by atoms with van der Waals surface area (Å²) in [4.78, 5) is 24.7. The van der Waals surface area contributed by atoms with E-state index in [1.165, 1.54) is 21.0 Å². The van der Waals surface area contributed by atoms with E-state index in [4.69, 9.17) is 9.15 Å². The van der Waals surface area contributed by atoms with Gasteiger partial charge in [0.2, 0.25) is 15.9 Å². The van der Waals surface area contributed by atoms with Crippen LogP contribution >= 0.6 is 0 Å². The highest BCUT2D eigenvalue weighted by molar-refractivity contribution is 7.89. The zero-order valence-electron chi connectivity index (χ0n) is 19.5. The number of rotatable bonds is 7. The number of ether oxygens (including phenoxy) is 1. The molecule has 0 spiro atoms. The number of aromatic nitrogens is 1. The summed E-state index contributed by atoms with van der Waals surface area (Å²) < 4.78 is 39.9. The summed E-state index contributed by atoms with van der Waals surface area (Å²) >= 11 is 0. The van der Waals surface area contributed by atoms with Crippen molar-refractivity contribution < 1.29 is 22.4 Å². The molecule has 9 nitrogen and oxygen atoms in total. The molecule has 3 aromatic rings. The number of hydrogen-bond acceptors (Lipinski definition) is 6. The summed E-state index contributed by atoms with van der Waals surface area (Å²) in [5.74, 6) is 0.0442. The fraction of sp³-hybridized carbons (Fsp3) is 0.417. The summed E-state index contributed by atoms with van der Waals surface area (Å²) in [6, 6.07) is 11.6. The predicted molar refractivity (Wildman–Crippen MR) is 129 cm³/mol. The van der Waals surface area contributed by atoms with Crippen LogP contribution in [0.3, 0.4) is 0 Å². The Balaban J connectivity index is 1.40. The minimum absolute atomic E-state index is 0.0849. The normalized spacial score (nSPS) is 15.6. The van der Waals surface area contributed by atoms with Crippen molar-refractivity contribution in [1.82, 2.24) is 8.87 Å². The van der Waals surface area contributed by atoms with Crippen LogP contribution in [0.15, 0.2) is 56.6 Å². The molecule has 2 aromatic carbocycles. The van der Waals surface area contributed by atoms with Crippen molar-refractivity contribution >= 4 is 32.7 Å². The van der Waals surface area contributed by atoms with Crippen LogP contribution in [0.4, 0.5) is 5.69 Å². The SMILES string of the molecule is COc1ccccc1NC(=O)CC1CCN(S(=O)(=O)c2ccc3c(c2)oc(=O)n3C(C)C)CC1. The maximum absolute atomic E-state index is 13.2. The lowest BCUT2D eigenvalue weighted by Gasteiger charge is -2.31. The van der Waals surface area contributed by atoms with Crippen molar-refractivity contribution in [2.24, 2.45) is 5.92 Å². The summed E-state index contributed by atoms with van der Waals surface area (Å²) in [7, 11) is -2.19. The Morgan fingerprint density at radius 1 is 1.18 bits per heavy atom. The molecule has 1 fully saturated rings. The number of nitrogens with one attached hydrogen (secondary N) is 1. The Kier molecular flexibility index (Phi) is 6.81. The van der Waals surface area contributed by atoms with Crippen molar-refractivity contribution in [3.8, 4) is 5.75 Å². The Bertz CT molecular complexity index is 1350. The topological polar surface area (TPSA) is 111 Å². The molecule has 0 bridgehead atoms. The number of fused-ring (bicyclic) bond motifs is 1. The van der Waals surface area contributed by atoms with Gasteiger partial charge in [0.25, 0.3) is 0 Å². The molecule has 1 saturated heterocycles. The van der Waals surface area contributed by atoms with Crippen LogP contribution in [0, 0.1) is 5.92 Å². The molecular formula is C24H29N3O6S. The first kappa shape index (κ1) is 24.0. The number of carbonyl (C=O) groups excluding carboxylic acids is 1. The van der Waals surface area contributed by atoms with Crippen molar-refractivity contribution in [3.63, 3.8) is 0 Å². The third kappa shape index (κ3) is 4.74. The Labute approximate surface area is 198 Å². The van der Waals surface area contributed by atoms with E-state index in [9.17, 15) is 18.0 Å². The summed E-state index contributed by atoms with van der Waals surface area (Å²) in [6.07, 6.45) is 1.48. The molecule has 2 heterocycles. The third-order valence-electron chi connectivity index (χ3n) is 6.17. The van der Waals surface area contributed by atoms with Crippen LogP contribution in [-0.2, 0) is 14.8 Å². The zero-order valence-corrected chi connectivity index (χ0v) is 20.3. The van der Waals surface area contributed by atoms with Gasteiger partial charge < -0.3 is 14.5 Å². The number of oxazole rings is 1. The van der Waals surface area contributed by atoms with Gasteiger partial charge in [-0.05, 0) is 56.9 Å². The van der Waals surface area contributed by atoms with Gasteiger partial charge in [0.15, 0.2) is 5.58 Å². The molecule has 0 radical (unpaired) electrons. The van der Waals surface area contributed by atoms with Gasteiger partial charge in [-0.25, -0.2) is 13.2 Å². The quantitative estimate of drug-likeness (QED) is 0.545. The van der Waals surface area contributed by atoms with E-state index >= 15 is 0 Å². The van der Waals surface area contributed by atoms with Crippen LogP contribution in [0.5, 0.6) is 5.75 Å². The largest absolute Gasteiger partial charge is 0.495 e. The minimum atomic E-state index is -3.74. The number of methoxy groups -OCH3 is 1. The molecule has 1 aliphatic rings. The average Bonchev–Trinajstić information content (AvgIpc) is 3.14. The minimum Gasteiger partial charge on any atom is -0.495 e. The molecule has 1 aromatic heterocycles. The second kappa shape index (κ2) is 9.63. The number of anilines is 1. The van der Waals surface area contributed by atoms with Gasteiger partial charge in [-0.1, -0.05) is 12.1 Å². The Hall–Kier alpha value is -3.11. The predicted octanol–water partition coefficient (Wildman–Crippen LogP) is 3.61. The molecule has 4 rings (SSSR count). The molecule has 1 amide bonds. The van der Waals surface area contributed by atoms with Gasteiger partial charge in [-0.15, -0.1) is 0 Å². The van der Waals surface area contributed by atoms with E-state index in [-0.39, 0.29) is 28.3 Å².